The third kappa shape index (κ3) is 3.98. The lowest BCUT2D eigenvalue weighted by molar-refractivity contribution is 0.406. The van der Waals surface area contributed by atoms with Crippen molar-refractivity contribution in [3.8, 4) is 22.8 Å². The zero-order valence-electron chi connectivity index (χ0n) is 15.9. The smallest absolute Gasteiger partial charge is 0.258 e. The molecule has 0 spiro atoms. The lowest BCUT2D eigenvalue weighted by Crippen LogP contribution is -2.26. The van der Waals surface area contributed by atoms with Gasteiger partial charge in [-0.1, -0.05) is 41.1 Å². The van der Waals surface area contributed by atoms with Gasteiger partial charge in [-0.2, -0.15) is 9.29 Å². The first-order valence-corrected chi connectivity index (χ1v) is 10.4. The molecule has 0 aliphatic carbocycles. The van der Waals surface area contributed by atoms with Crippen LogP contribution in [0.3, 0.4) is 0 Å². The van der Waals surface area contributed by atoms with Crippen LogP contribution in [0.25, 0.3) is 22.8 Å². The molecule has 0 saturated heterocycles. The fraction of sp³-hybridized carbons (Fsp3) is 0.143. The van der Waals surface area contributed by atoms with E-state index in [9.17, 15) is 8.42 Å². The van der Waals surface area contributed by atoms with Gasteiger partial charge in [0.1, 0.15) is 5.76 Å². The molecule has 0 N–H and O–H groups in total. The third-order valence-electron chi connectivity index (χ3n) is 4.48. The number of furan rings is 1. The summed E-state index contributed by atoms with van der Waals surface area (Å²) in [5.74, 6) is 1.27. The Hall–Kier alpha value is -3.23. The summed E-state index contributed by atoms with van der Waals surface area (Å²) >= 11 is 0. The van der Waals surface area contributed by atoms with Gasteiger partial charge in [0.05, 0.1) is 17.7 Å². The molecule has 0 amide bonds. The molecular weight excluding hydrogens is 390 g/mol. The highest BCUT2D eigenvalue weighted by atomic mass is 32.2. The van der Waals surface area contributed by atoms with E-state index in [4.69, 9.17) is 8.94 Å². The van der Waals surface area contributed by atoms with Gasteiger partial charge in [0.25, 0.3) is 5.89 Å². The van der Waals surface area contributed by atoms with Gasteiger partial charge < -0.3 is 8.94 Å². The first-order chi connectivity index (χ1) is 13.9. The van der Waals surface area contributed by atoms with Crippen molar-refractivity contribution < 1.29 is 17.4 Å². The van der Waals surface area contributed by atoms with Crippen LogP contribution in [0.2, 0.25) is 0 Å². The normalized spacial score (nSPS) is 11.8. The second kappa shape index (κ2) is 7.65. The topological polar surface area (TPSA) is 89.4 Å². The molecule has 2 heterocycles. The van der Waals surface area contributed by atoms with Gasteiger partial charge in [0.2, 0.25) is 15.8 Å². The minimum absolute atomic E-state index is 0.137. The van der Waals surface area contributed by atoms with E-state index in [1.807, 2.05) is 31.2 Å². The van der Waals surface area contributed by atoms with Gasteiger partial charge in [-0.3, -0.25) is 0 Å². The number of benzene rings is 2. The molecule has 0 unspecified atom stereocenters. The first-order valence-electron chi connectivity index (χ1n) is 8.93. The molecule has 0 aliphatic rings. The second-order valence-corrected chi connectivity index (χ2v) is 8.70. The summed E-state index contributed by atoms with van der Waals surface area (Å²) in [6.45, 7) is 2.14. The first kappa shape index (κ1) is 19.1. The number of aromatic nitrogens is 2. The van der Waals surface area contributed by atoms with Gasteiger partial charge in [-0.15, -0.1) is 0 Å². The maximum atomic E-state index is 12.9. The average Bonchev–Trinajstić information content (AvgIpc) is 3.41. The second-order valence-electron chi connectivity index (χ2n) is 6.66. The van der Waals surface area contributed by atoms with Crippen molar-refractivity contribution in [3.05, 3.63) is 78.3 Å². The Bertz CT molecular complexity index is 1210. The lowest BCUT2D eigenvalue weighted by atomic mass is 10.1. The van der Waals surface area contributed by atoms with Gasteiger partial charge in [-0.05, 0) is 37.3 Å². The van der Waals surface area contributed by atoms with E-state index < -0.39 is 10.0 Å². The van der Waals surface area contributed by atoms with Crippen LogP contribution < -0.4 is 0 Å². The summed E-state index contributed by atoms with van der Waals surface area (Å²) in [5, 5.41) is 4.01. The molecule has 2 aromatic carbocycles. The van der Waals surface area contributed by atoms with Gasteiger partial charge in [0.15, 0.2) is 0 Å². The highest BCUT2D eigenvalue weighted by Gasteiger charge is 2.23. The standard InChI is InChI=1S/C21H19N3O4S/c1-15-8-10-16(11-9-15)20-22-21(28-23-20)17-5-3-7-19(13-17)29(25,26)24(2)14-18-6-4-12-27-18/h3-13H,14H2,1-2H3. The number of sulfonamides is 1. The Kier molecular flexibility index (Phi) is 5.04. The molecule has 0 atom stereocenters. The largest absolute Gasteiger partial charge is 0.468 e. The number of hydrogen-bond donors (Lipinski definition) is 0. The molecular formula is C21H19N3O4S. The maximum absolute atomic E-state index is 12.9. The fourth-order valence-corrected chi connectivity index (χ4v) is 4.02. The molecule has 7 nitrogen and oxygen atoms in total. The number of hydrogen-bond acceptors (Lipinski definition) is 6. The fourth-order valence-electron chi connectivity index (χ4n) is 2.84. The van der Waals surface area contributed by atoms with Crippen molar-refractivity contribution in [2.75, 3.05) is 7.05 Å². The van der Waals surface area contributed by atoms with Crippen molar-refractivity contribution >= 4 is 10.0 Å². The Morgan fingerprint density at radius 1 is 1.00 bits per heavy atom. The molecule has 0 radical (unpaired) electrons. The monoisotopic (exact) mass is 409 g/mol. The highest BCUT2D eigenvalue weighted by molar-refractivity contribution is 7.89. The SMILES string of the molecule is Cc1ccc(-c2noc(-c3cccc(S(=O)(=O)N(C)Cc4ccco4)c3)n2)cc1. The number of rotatable bonds is 6. The van der Waals surface area contributed by atoms with E-state index in [-0.39, 0.29) is 17.3 Å². The van der Waals surface area contributed by atoms with E-state index in [0.29, 0.717) is 17.1 Å². The van der Waals surface area contributed by atoms with E-state index in [2.05, 4.69) is 10.1 Å². The van der Waals surface area contributed by atoms with Crippen LogP contribution in [0.1, 0.15) is 11.3 Å². The summed E-state index contributed by atoms with van der Waals surface area (Å²) in [7, 11) is -2.21. The highest BCUT2D eigenvalue weighted by Crippen LogP contribution is 2.26. The molecule has 2 aromatic heterocycles. The average molecular weight is 409 g/mol. The van der Waals surface area contributed by atoms with Gasteiger partial charge >= 0.3 is 0 Å². The quantitative estimate of drug-likeness (QED) is 0.476. The minimum atomic E-state index is -3.71. The maximum Gasteiger partial charge on any atom is 0.258 e. The molecule has 29 heavy (non-hydrogen) atoms. The Balaban J connectivity index is 1.61. The van der Waals surface area contributed by atoms with Crippen LogP contribution in [-0.4, -0.2) is 29.9 Å². The van der Waals surface area contributed by atoms with E-state index in [1.165, 1.54) is 29.7 Å². The molecule has 0 bridgehead atoms. The zero-order valence-corrected chi connectivity index (χ0v) is 16.8. The van der Waals surface area contributed by atoms with Crippen molar-refractivity contribution in [2.45, 2.75) is 18.4 Å². The number of aryl methyl sites for hydroxylation is 1. The predicted octanol–water partition coefficient (Wildman–Crippen LogP) is 4.13. The minimum Gasteiger partial charge on any atom is -0.468 e. The molecule has 148 valence electrons. The van der Waals surface area contributed by atoms with Crippen LogP contribution in [0.5, 0.6) is 0 Å². The Morgan fingerprint density at radius 3 is 2.52 bits per heavy atom. The van der Waals surface area contributed by atoms with E-state index in [0.717, 1.165) is 11.1 Å². The van der Waals surface area contributed by atoms with Crippen molar-refractivity contribution in [2.24, 2.45) is 0 Å². The van der Waals surface area contributed by atoms with Gasteiger partial charge in [-0.25, -0.2) is 8.42 Å². The van der Waals surface area contributed by atoms with Crippen LogP contribution in [0.4, 0.5) is 0 Å². The number of nitrogens with zero attached hydrogens (tertiary/aromatic N) is 3. The Morgan fingerprint density at radius 2 is 1.79 bits per heavy atom. The van der Waals surface area contributed by atoms with Crippen molar-refractivity contribution in [1.82, 2.24) is 14.4 Å². The van der Waals surface area contributed by atoms with E-state index >= 15 is 0 Å². The lowest BCUT2D eigenvalue weighted by Gasteiger charge is -2.16. The molecule has 4 rings (SSSR count). The van der Waals surface area contributed by atoms with Gasteiger partial charge in [0, 0.05) is 18.2 Å². The van der Waals surface area contributed by atoms with Crippen LogP contribution in [0, 0.1) is 6.92 Å². The molecule has 0 saturated carbocycles. The van der Waals surface area contributed by atoms with Crippen molar-refractivity contribution in [3.63, 3.8) is 0 Å². The van der Waals surface area contributed by atoms with E-state index in [1.54, 1.807) is 24.3 Å². The van der Waals surface area contributed by atoms with Crippen LogP contribution >= 0.6 is 0 Å². The zero-order chi connectivity index (χ0) is 20.4. The summed E-state index contributed by atoms with van der Waals surface area (Å²) in [6, 6.07) is 17.7. The molecule has 8 heteroatoms. The molecule has 0 fully saturated rings. The summed E-state index contributed by atoms with van der Waals surface area (Å²) in [4.78, 5) is 4.55. The van der Waals surface area contributed by atoms with Crippen molar-refractivity contribution in [1.29, 1.82) is 0 Å². The van der Waals surface area contributed by atoms with Crippen LogP contribution in [-0.2, 0) is 16.6 Å². The van der Waals surface area contributed by atoms with Crippen LogP contribution in [0.15, 0.2) is 80.8 Å². The summed E-state index contributed by atoms with van der Waals surface area (Å²) in [5.41, 5.74) is 2.49. The summed E-state index contributed by atoms with van der Waals surface area (Å²) in [6.07, 6.45) is 1.51. The predicted molar refractivity (Wildman–Crippen MR) is 107 cm³/mol. The summed E-state index contributed by atoms with van der Waals surface area (Å²) < 4.78 is 37.7. The Labute approximate surface area is 168 Å². The molecule has 0 aliphatic heterocycles. The third-order valence-corrected chi connectivity index (χ3v) is 6.28. The molecule has 4 aromatic rings.